The molecule has 0 spiro atoms. The second kappa shape index (κ2) is 8.04. The van der Waals surface area contributed by atoms with E-state index < -0.39 is 5.60 Å². The lowest BCUT2D eigenvalue weighted by Crippen LogP contribution is -2.48. The fraction of sp³-hybridized carbons (Fsp3) is 0.667. The summed E-state index contributed by atoms with van der Waals surface area (Å²) in [6.07, 6.45) is 8.09. The van der Waals surface area contributed by atoms with Crippen molar-refractivity contribution in [2.75, 3.05) is 19.6 Å². The van der Waals surface area contributed by atoms with Crippen LogP contribution in [0.2, 0.25) is 0 Å². The molecule has 0 amide bonds. The number of benzene rings is 1. The van der Waals surface area contributed by atoms with Crippen molar-refractivity contribution in [1.29, 1.82) is 0 Å². The molecule has 4 nitrogen and oxygen atoms in total. The van der Waals surface area contributed by atoms with Gasteiger partial charge in [-0.2, -0.15) is 0 Å². The lowest BCUT2D eigenvalue weighted by molar-refractivity contribution is -0.145. The number of carbonyl (C=O) groups excluding carboxylic acids is 1. The standard InChI is InChI=1S/C27H37NO3/c1-19-7-6-10-26(2)17-24-21(15-23(19)26)22(25(29)31-24)18-28-13-11-27(30,12-14-28)16-20-8-4-3-5-9-20/h3-5,8-9,21-22,24,30H,6-7,10-18H2,1-2H3/t21-,22+,24-,26-/m1/s1. The molecule has 4 atom stereocenters. The van der Waals surface area contributed by atoms with E-state index >= 15 is 0 Å². The van der Waals surface area contributed by atoms with Crippen molar-refractivity contribution >= 4 is 5.97 Å². The van der Waals surface area contributed by atoms with Crippen LogP contribution < -0.4 is 0 Å². The highest BCUT2D eigenvalue weighted by Gasteiger charge is 2.53. The van der Waals surface area contributed by atoms with Crippen molar-refractivity contribution in [1.82, 2.24) is 4.90 Å². The van der Waals surface area contributed by atoms with Gasteiger partial charge in [-0.1, -0.05) is 48.4 Å². The molecule has 2 aliphatic carbocycles. The number of piperidine rings is 1. The van der Waals surface area contributed by atoms with Crippen LogP contribution in [0.1, 0.15) is 64.4 Å². The lowest BCUT2D eigenvalue weighted by Gasteiger charge is -2.46. The van der Waals surface area contributed by atoms with Crippen LogP contribution in [0.4, 0.5) is 0 Å². The number of likely N-dealkylation sites (tertiary alicyclic amines) is 1. The van der Waals surface area contributed by atoms with E-state index in [0.717, 1.165) is 45.3 Å². The zero-order chi connectivity index (χ0) is 21.6. The maximum Gasteiger partial charge on any atom is 0.310 e. The lowest BCUT2D eigenvalue weighted by atomic mass is 9.59. The van der Waals surface area contributed by atoms with Gasteiger partial charge in [-0.15, -0.1) is 0 Å². The fourth-order valence-electron chi connectivity index (χ4n) is 6.90. The van der Waals surface area contributed by atoms with Gasteiger partial charge in [-0.25, -0.2) is 0 Å². The number of allylic oxidation sites excluding steroid dienone is 2. The molecular formula is C27H37NO3. The maximum absolute atomic E-state index is 12.9. The van der Waals surface area contributed by atoms with Crippen LogP contribution in [0.3, 0.4) is 0 Å². The third kappa shape index (κ3) is 4.09. The van der Waals surface area contributed by atoms with Crippen LogP contribution in [-0.2, 0) is 16.0 Å². The number of hydrogen-bond acceptors (Lipinski definition) is 4. The monoisotopic (exact) mass is 423 g/mol. The van der Waals surface area contributed by atoms with E-state index in [1.807, 2.05) is 18.2 Å². The highest BCUT2D eigenvalue weighted by molar-refractivity contribution is 5.76. The zero-order valence-corrected chi connectivity index (χ0v) is 19.1. The Bertz CT molecular complexity index is 854. The third-order valence-corrected chi connectivity index (χ3v) is 8.80. The highest BCUT2D eigenvalue weighted by atomic mass is 16.6. The summed E-state index contributed by atoms with van der Waals surface area (Å²) >= 11 is 0. The minimum absolute atomic E-state index is 0.0145. The predicted octanol–water partition coefficient (Wildman–Crippen LogP) is 4.51. The van der Waals surface area contributed by atoms with E-state index in [-0.39, 0.29) is 23.4 Å². The van der Waals surface area contributed by atoms with E-state index in [1.54, 1.807) is 11.1 Å². The van der Waals surface area contributed by atoms with E-state index in [1.165, 1.54) is 24.8 Å². The Labute approximate surface area is 186 Å². The van der Waals surface area contributed by atoms with Gasteiger partial charge in [-0.3, -0.25) is 4.79 Å². The van der Waals surface area contributed by atoms with Crippen molar-refractivity contribution in [3.63, 3.8) is 0 Å². The molecule has 1 aromatic rings. The molecular weight excluding hydrogens is 386 g/mol. The predicted molar refractivity (Wildman–Crippen MR) is 122 cm³/mol. The summed E-state index contributed by atoms with van der Waals surface area (Å²) in [5.74, 6) is 0.325. The smallest absolute Gasteiger partial charge is 0.310 e. The van der Waals surface area contributed by atoms with Gasteiger partial charge in [0.15, 0.2) is 0 Å². The maximum atomic E-state index is 12.9. The Balaban J connectivity index is 1.22. The molecule has 1 N–H and O–H groups in total. The van der Waals surface area contributed by atoms with Crippen LogP contribution >= 0.6 is 0 Å². The molecule has 2 heterocycles. The van der Waals surface area contributed by atoms with Gasteiger partial charge in [0.1, 0.15) is 6.10 Å². The Morgan fingerprint density at radius 1 is 1.16 bits per heavy atom. The van der Waals surface area contributed by atoms with Gasteiger partial charge in [0, 0.05) is 32.0 Å². The fourth-order valence-corrected chi connectivity index (χ4v) is 6.90. The van der Waals surface area contributed by atoms with Gasteiger partial charge in [0.2, 0.25) is 0 Å². The van der Waals surface area contributed by atoms with Crippen LogP contribution in [0.25, 0.3) is 0 Å². The molecule has 1 saturated carbocycles. The van der Waals surface area contributed by atoms with Gasteiger partial charge < -0.3 is 14.7 Å². The molecule has 4 heteroatoms. The second-order valence-electron chi connectivity index (χ2n) is 11.0. The molecule has 31 heavy (non-hydrogen) atoms. The first kappa shape index (κ1) is 21.2. The molecule has 4 aliphatic rings. The van der Waals surface area contributed by atoms with Crippen molar-refractivity contribution in [3.05, 3.63) is 47.0 Å². The minimum Gasteiger partial charge on any atom is -0.462 e. The Kier molecular flexibility index (Phi) is 5.50. The summed E-state index contributed by atoms with van der Waals surface area (Å²) in [6.45, 7) is 7.18. The molecule has 5 rings (SSSR count). The number of aliphatic hydroxyl groups is 1. The molecule has 0 aromatic heterocycles. The molecule has 1 aromatic carbocycles. The number of fused-ring (bicyclic) bond motifs is 2. The average molecular weight is 424 g/mol. The SMILES string of the molecule is CC1=C2C[C@@H]3[C@H](CN4CCC(O)(Cc5ccccc5)CC4)C(=O)O[C@@H]3C[C@@]2(C)CCC1. The van der Waals surface area contributed by atoms with Crippen molar-refractivity contribution < 1.29 is 14.6 Å². The van der Waals surface area contributed by atoms with Crippen LogP contribution in [-0.4, -0.2) is 47.3 Å². The zero-order valence-electron chi connectivity index (χ0n) is 19.1. The molecule has 3 fully saturated rings. The minimum atomic E-state index is -0.632. The van der Waals surface area contributed by atoms with Gasteiger partial charge >= 0.3 is 5.97 Å². The molecule has 0 radical (unpaired) electrons. The summed E-state index contributed by atoms with van der Waals surface area (Å²) in [5.41, 5.74) is 3.99. The first-order valence-electron chi connectivity index (χ1n) is 12.2. The van der Waals surface area contributed by atoms with E-state index in [2.05, 4.69) is 30.9 Å². The van der Waals surface area contributed by atoms with Gasteiger partial charge in [0.25, 0.3) is 0 Å². The number of nitrogens with zero attached hydrogens (tertiary/aromatic N) is 1. The highest BCUT2D eigenvalue weighted by Crippen LogP contribution is 2.55. The number of esters is 1. The summed E-state index contributed by atoms with van der Waals surface area (Å²) in [7, 11) is 0. The topological polar surface area (TPSA) is 49.8 Å². The van der Waals surface area contributed by atoms with Gasteiger partial charge in [0.05, 0.1) is 11.5 Å². The number of ether oxygens (including phenoxy) is 1. The number of carbonyl (C=O) groups is 1. The number of hydrogen-bond donors (Lipinski definition) is 1. The Hall–Kier alpha value is -1.65. The van der Waals surface area contributed by atoms with E-state index in [9.17, 15) is 9.90 Å². The summed E-state index contributed by atoms with van der Waals surface area (Å²) in [5, 5.41) is 11.1. The third-order valence-electron chi connectivity index (χ3n) is 8.80. The van der Waals surface area contributed by atoms with E-state index in [0.29, 0.717) is 12.3 Å². The number of rotatable bonds is 4. The second-order valence-corrected chi connectivity index (χ2v) is 11.0. The van der Waals surface area contributed by atoms with Gasteiger partial charge in [-0.05, 0) is 62.8 Å². The van der Waals surface area contributed by atoms with Crippen LogP contribution in [0, 0.1) is 17.3 Å². The van der Waals surface area contributed by atoms with Crippen LogP contribution in [0.15, 0.2) is 41.5 Å². The quantitative estimate of drug-likeness (QED) is 0.572. The van der Waals surface area contributed by atoms with Crippen molar-refractivity contribution in [2.45, 2.75) is 76.9 Å². The average Bonchev–Trinajstić information content (AvgIpc) is 3.02. The molecule has 2 saturated heterocycles. The molecule has 0 unspecified atom stereocenters. The van der Waals surface area contributed by atoms with Crippen LogP contribution in [0.5, 0.6) is 0 Å². The first-order valence-corrected chi connectivity index (χ1v) is 12.2. The normalized spacial score (nSPS) is 35.5. The Morgan fingerprint density at radius 3 is 2.65 bits per heavy atom. The first-order chi connectivity index (χ1) is 14.9. The van der Waals surface area contributed by atoms with E-state index in [4.69, 9.17) is 4.74 Å². The van der Waals surface area contributed by atoms with Crippen molar-refractivity contribution in [2.24, 2.45) is 17.3 Å². The summed E-state index contributed by atoms with van der Waals surface area (Å²) in [4.78, 5) is 15.3. The van der Waals surface area contributed by atoms with Crippen molar-refractivity contribution in [3.8, 4) is 0 Å². The Morgan fingerprint density at radius 2 is 1.90 bits per heavy atom. The molecule has 0 bridgehead atoms. The molecule has 2 aliphatic heterocycles. The summed E-state index contributed by atoms with van der Waals surface area (Å²) in [6, 6.07) is 10.3. The largest absolute Gasteiger partial charge is 0.462 e. The summed E-state index contributed by atoms with van der Waals surface area (Å²) < 4.78 is 5.95. The molecule has 168 valence electrons.